The zero-order valence-electron chi connectivity index (χ0n) is 15.8. The van der Waals surface area contributed by atoms with E-state index in [2.05, 4.69) is 27.3 Å². The third-order valence-corrected chi connectivity index (χ3v) is 6.51. The van der Waals surface area contributed by atoms with E-state index < -0.39 is 29.2 Å². The second kappa shape index (κ2) is 8.17. The van der Waals surface area contributed by atoms with Crippen LogP contribution in [-0.4, -0.2) is 17.1 Å². The van der Waals surface area contributed by atoms with Crippen LogP contribution in [-0.2, 0) is 11.2 Å². The first-order valence-corrected chi connectivity index (χ1v) is 10.2. The van der Waals surface area contributed by atoms with Crippen molar-refractivity contribution in [2.24, 2.45) is 5.41 Å². The molecule has 1 aliphatic rings. The number of nitriles is 1. The van der Waals surface area contributed by atoms with E-state index in [1.54, 1.807) is 13.8 Å². The number of hydrogen-bond acceptors (Lipinski definition) is 3. The minimum atomic E-state index is -1.35. The van der Waals surface area contributed by atoms with Gasteiger partial charge in [0.25, 0.3) is 0 Å². The van der Waals surface area contributed by atoms with Gasteiger partial charge in [-0.05, 0) is 49.2 Å². The number of aliphatic carboxylic acids is 1. The van der Waals surface area contributed by atoms with E-state index in [0.29, 0.717) is 23.3 Å². The minimum Gasteiger partial charge on any atom is -0.481 e. The fourth-order valence-corrected chi connectivity index (χ4v) is 4.36. The van der Waals surface area contributed by atoms with E-state index in [0.717, 1.165) is 16.1 Å². The predicted octanol–water partition coefficient (Wildman–Crippen LogP) is 5.43. The molecule has 0 amide bonds. The van der Waals surface area contributed by atoms with Crippen LogP contribution in [0.2, 0.25) is 5.02 Å². The van der Waals surface area contributed by atoms with Crippen molar-refractivity contribution in [2.45, 2.75) is 32.2 Å². The number of halogens is 3. The first-order valence-electron chi connectivity index (χ1n) is 9.01. The lowest BCUT2D eigenvalue weighted by Gasteiger charge is -2.45. The van der Waals surface area contributed by atoms with E-state index in [4.69, 9.17) is 11.6 Å². The van der Waals surface area contributed by atoms with Gasteiger partial charge in [0.2, 0.25) is 0 Å². The van der Waals surface area contributed by atoms with E-state index in [1.807, 2.05) is 24.3 Å². The van der Waals surface area contributed by atoms with Crippen LogP contribution in [0, 0.1) is 22.6 Å². The normalized spacial score (nSPS) is 24.0. The molecule has 0 fully saturated rings. The molecule has 1 heterocycles. The van der Waals surface area contributed by atoms with Gasteiger partial charge in [-0.1, -0.05) is 45.7 Å². The summed E-state index contributed by atoms with van der Waals surface area (Å²) in [6.45, 7) is 3.36. The maximum absolute atomic E-state index is 13.6. The maximum atomic E-state index is 13.6. The number of nitrogens with one attached hydrogen (secondary N) is 1. The molecule has 7 heteroatoms. The van der Waals surface area contributed by atoms with Crippen LogP contribution in [0.3, 0.4) is 0 Å². The average molecular weight is 478 g/mol. The molecule has 3 unspecified atom stereocenters. The first-order chi connectivity index (χ1) is 13.7. The summed E-state index contributed by atoms with van der Waals surface area (Å²) in [6.07, 6.45) is 0.436. The average Bonchev–Trinajstić information content (AvgIpc) is 2.66. The zero-order chi connectivity index (χ0) is 21.3. The molecule has 3 atom stereocenters. The van der Waals surface area contributed by atoms with Gasteiger partial charge in [0.1, 0.15) is 5.82 Å². The number of carboxylic acids is 1. The highest BCUT2D eigenvalue weighted by molar-refractivity contribution is 9.10. The second-order valence-electron chi connectivity index (χ2n) is 7.36. The van der Waals surface area contributed by atoms with Crippen LogP contribution in [0.4, 0.5) is 4.39 Å². The molecular formula is C22H19BrClFN2O2. The lowest BCUT2D eigenvalue weighted by Crippen LogP contribution is -2.54. The maximum Gasteiger partial charge on any atom is 0.312 e. The molecule has 0 saturated carbocycles. The second-order valence-corrected chi connectivity index (χ2v) is 8.68. The van der Waals surface area contributed by atoms with Crippen molar-refractivity contribution in [3.63, 3.8) is 0 Å². The van der Waals surface area contributed by atoms with Crippen LogP contribution in [0.25, 0.3) is 0 Å². The van der Waals surface area contributed by atoms with Crippen LogP contribution < -0.4 is 5.32 Å². The number of rotatable bonds is 4. The molecule has 0 aromatic heterocycles. The summed E-state index contributed by atoms with van der Waals surface area (Å²) in [5.74, 6) is -2.39. The number of nitrogens with zero attached hydrogens (tertiary/aromatic N) is 1. The van der Waals surface area contributed by atoms with Crippen LogP contribution in [0.15, 0.2) is 58.2 Å². The Morgan fingerprint density at radius 1 is 1.34 bits per heavy atom. The van der Waals surface area contributed by atoms with Gasteiger partial charge in [0.05, 0.1) is 17.1 Å². The van der Waals surface area contributed by atoms with Crippen LogP contribution >= 0.6 is 27.5 Å². The Kier molecular flexibility index (Phi) is 6.02. The number of benzene rings is 2. The minimum absolute atomic E-state index is 0.104. The van der Waals surface area contributed by atoms with Gasteiger partial charge in [0, 0.05) is 33.6 Å². The zero-order valence-corrected chi connectivity index (χ0v) is 18.2. The fraction of sp³-hybridized carbons (Fsp3) is 0.273. The fourth-order valence-electron chi connectivity index (χ4n) is 3.82. The summed E-state index contributed by atoms with van der Waals surface area (Å²) in [5.41, 5.74) is 0.987. The molecule has 0 bridgehead atoms. The van der Waals surface area contributed by atoms with Gasteiger partial charge < -0.3 is 10.4 Å². The molecule has 2 aromatic rings. The van der Waals surface area contributed by atoms with Gasteiger partial charge in [-0.25, -0.2) is 4.39 Å². The quantitative estimate of drug-likeness (QED) is 0.616. The summed E-state index contributed by atoms with van der Waals surface area (Å²) in [5, 5.41) is 23.4. The van der Waals surface area contributed by atoms with Gasteiger partial charge in [-0.15, -0.1) is 0 Å². The summed E-state index contributed by atoms with van der Waals surface area (Å²) >= 11 is 9.70. The van der Waals surface area contributed by atoms with E-state index >= 15 is 0 Å². The molecule has 4 nitrogen and oxygen atoms in total. The molecule has 3 rings (SSSR count). The molecule has 150 valence electrons. The van der Waals surface area contributed by atoms with E-state index in [1.165, 1.54) is 12.1 Å². The number of allylic oxidation sites excluding steroid dienone is 2. The molecule has 0 saturated heterocycles. The van der Waals surface area contributed by atoms with E-state index in [9.17, 15) is 19.6 Å². The monoisotopic (exact) mass is 476 g/mol. The van der Waals surface area contributed by atoms with Crippen LogP contribution in [0.5, 0.6) is 0 Å². The van der Waals surface area contributed by atoms with Crippen molar-refractivity contribution in [1.82, 2.24) is 5.32 Å². The van der Waals surface area contributed by atoms with Crippen molar-refractivity contribution in [2.75, 3.05) is 0 Å². The lowest BCUT2D eigenvalue weighted by atomic mass is 9.63. The Balaban J connectivity index is 2.20. The molecule has 0 aliphatic carbocycles. The van der Waals surface area contributed by atoms with Gasteiger partial charge in [-0.3, -0.25) is 4.79 Å². The topological polar surface area (TPSA) is 73.1 Å². The SMILES string of the molecule is CC1NC(Cc2ccc(Br)cc2)=C(C#N)C(c2ccc(F)cc2Cl)C1(C)C(=O)O. The molecular weight excluding hydrogens is 459 g/mol. The summed E-state index contributed by atoms with van der Waals surface area (Å²) in [4.78, 5) is 12.3. The smallest absolute Gasteiger partial charge is 0.312 e. The number of carbonyl (C=O) groups is 1. The molecule has 29 heavy (non-hydrogen) atoms. The van der Waals surface area contributed by atoms with Gasteiger partial charge in [-0.2, -0.15) is 5.26 Å². The van der Waals surface area contributed by atoms with Gasteiger partial charge in [0.15, 0.2) is 0 Å². The highest BCUT2D eigenvalue weighted by Crippen LogP contribution is 2.49. The predicted molar refractivity (Wildman–Crippen MR) is 113 cm³/mol. The van der Waals surface area contributed by atoms with Crippen molar-refractivity contribution in [3.8, 4) is 6.07 Å². The first kappa shape index (κ1) is 21.4. The van der Waals surface area contributed by atoms with Crippen LogP contribution in [0.1, 0.15) is 30.9 Å². The van der Waals surface area contributed by atoms with Crippen molar-refractivity contribution >= 4 is 33.5 Å². The molecule has 0 spiro atoms. The third kappa shape index (κ3) is 3.90. The molecule has 1 aliphatic heterocycles. The highest BCUT2D eigenvalue weighted by atomic mass is 79.9. The number of hydrogen-bond donors (Lipinski definition) is 2. The molecule has 0 radical (unpaired) electrons. The summed E-state index contributed by atoms with van der Waals surface area (Å²) in [6, 6.07) is 13.2. The summed E-state index contributed by atoms with van der Waals surface area (Å²) < 4.78 is 14.6. The van der Waals surface area contributed by atoms with Crippen molar-refractivity contribution < 1.29 is 14.3 Å². The largest absolute Gasteiger partial charge is 0.481 e. The van der Waals surface area contributed by atoms with Gasteiger partial charge >= 0.3 is 5.97 Å². The number of carboxylic acid groups (broad SMARTS) is 1. The Morgan fingerprint density at radius 3 is 2.55 bits per heavy atom. The summed E-state index contributed by atoms with van der Waals surface area (Å²) in [7, 11) is 0. The Bertz CT molecular complexity index is 1030. The Labute approximate surface area is 182 Å². The molecule has 2 N–H and O–H groups in total. The highest BCUT2D eigenvalue weighted by Gasteiger charge is 2.52. The van der Waals surface area contributed by atoms with Crippen molar-refractivity contribution in [1.29, 1.82) is 5.26 Å². The lowest BCUT2D eigenvalue weighted by molar-refractivity contribution is -0.150. The Hall–Kier alpha value is -2.36. The molecule has 2 aromatic carbocycles. The third-order valence-electron chi connectivity index (χ3n) is 5.65. The van der Waals surface area contributed by atoms with Crippen molar-refractivity contribution in [3.05, 3.63) is 80.2 Å². The Morgan fingerprint density at radius 2 is 2.00 bits per heavy atom. The van der Waals surface area contributed by atoms with E-state index in [-0.39, 0.29) is 5.02 Å². The standard InChI is InChI=1S/C22H19BrClFN2O2/c1-12-22(2,21(28)29)20(16-8-7-15(25)10-18(16)24)17(11-26)19(27-12)9-13-3-5-14(23)6-4-13/h3-8,10,12,20,27H,9H2,1-2H3,(H,28,29).